The summed E-state index contributed by atoms with van der Waals surface area (Å²) in [5.41, 5.74) is 3.03. The van der Waals surface area contributed by atoms with E-state index in [-0.39, 0.29) is 17.9 Å². The molecule has 108 valence electrons. The quantitative estimate of drug-likeness (QED) is 0.908. The van der Waals surface area contributed by atoms with Gasteiger partial charge in [0.15, 0.2) is 0 Å². The van der Waals surface area contributed by atoms with Crippen LogP contribution in [0.1, 0.15) is 35.6 Å². The highest BCUT2D eigenvalue weighted by Crippen LogP contribution is 2.31. The van der Waals surface area contributed by atoms with E-state index < -0.39 is 6.10 Å². The van der Waals surface area contributed by atoms with Crippen molar-refractivity contribution in [3.8, 4) is 0 Å². The molecule has 0 aromatic heterocycles. The molecule has 3 atom stereocenters. The number of carbonyl (C=O) groups is 1. The van der Waals surface area contributed by atoms with Crippen molar-refractivity contribution < 1.29 is 9.90 Å². The molecule has 2 unspecified atom stereocenters. The van der Waals surface area contributed by atoms with Crippen molar-refractivity contribution in [3.63, 3.8) is 0 Å². The third kappa shape index (κ3) is 2.69. The van der Waals surface area contributed by atoms with Gasteiger partial charge in [0.2, 0.25) is 5.91 Å². The summed E-state index contributed by atoms with van der Waals surface area (Å²) < 4.78 is 0. The van der Waals surface area contributed by atoms with Crippen molar-refractivity contribution in [2.24, 2.45) is 0 Å². The third-order valence-electron chi connectivity index (χ3n) is 4.22. The maximum absolute atomic E-state index is 12.4. The van der Waals surface area contributed by atoms with Crippen LogP contribution < -0.4 is 5.32 Å². The molecule has 21 heavy (non-hydrogen) atoms. The first-order chi connectivity index (χ1) is 10.2. The van der Waals surface area contributed by atoms with Crippen molar-refractivity contribution in [1.82, 2.24) is 5.32 Å². The van der Waals surface area contributed by atoms with Crippen molar-refractivity contribution in [2.75, 3.05) is 0 Å². The van der Waals surface area contributed by atoms with E-state index in [2.05, 4.69) is 5.32 Å². The Balaban J connectivity index is 1.70. The highest BCUT2D eigenvalue weighted by atomic mass is 16.3. The fraction of sp³-hybridized carbons (Fsp3) is 0.278. The smallest absolute Gasteiger partial charge is 0.227 e. The average Bonchev–Trinajstić information content (AvgIpc) is 2.84. The van der Waals surface area contributed by atoms with Gasteiger partial charge >= 0.3 is 0 Å². The van der Waals surface area contributed by atoms with Gasteiger partial charge < -0.3 is 10.4 Å². The number of hydrogen-bond donors (Lipinski definition) is 2. The zero-order valence-corrected chi connectivity index (χ0v) is 12.0. The van der Waals surface area contributed by atoms with Gasteiger partial charge in [0, 0.05) is 0 Å². The summed E-state index contributed by atoms with van der Waals surface area (Å²) >= 11 is 0. The van der Waals surface area contributed by atoms with Gasteiger partial charge in [0.05, 0.1) is 18.1 Å². The van der Waals surface area contributed by atoms with Gasteiger partial charge in [-0.25, -0.2) is 0 Å². The molecule has 0 aliphatic heterocycles. The van der Waals surface area contributed by atoms with Gasteiger partial charge in [-0.1, -0.05) is 54.6 Å². The second-order valence-corrected chi connectivity index (χ2v) is 5.60. The number of carbonyl (C=O) groups excluding carboxylic acids is 1. The number of fused-ring (bicyclic) bond motifs is 1. The first kappa shape index (κ1) is 13.8. The Morgan fingerprint density at radius 1 is 1.14 bits per heavy atom. The Morgan fingerprint density at radius 3 is 2.52 bits per heavy atom. The molecule has 0 saturated carbocycles. The standard InChI is InChI=1S/C18H19NO2/c1-12(13-7-3-2-4-8-13)18(21)19-16-11-14-9-5-6-10-15(14)17(16)20/h2-10,12,16-17,20H,11H2,1H3,(H,19,21)/t12-,16?,17?/m0/s1. The number of rotatable bonds is 3. The maximum Gasteiger partial charge on any atom is 0.227 e. The van der Waals surface area contributed by atoms with Crippen LogP contribution in [0.5, 0.6) is 0 Å². The van der Waals surface area contributed by atoms with Gasteiger partial charge in [-0.05, 0) is 30.0 Å². The van der Waals surface area contributed by atoms with Crippen LogP contribution in [-0.2, 0) is 11.2 Å². The highest BCUT2D eigenvalue weighted by molar-refractivity contribution is 5.83. The zero-order chi connectivity index (χ0) is 14.8. The van der Waals surface area contributed by atoms with E-state index >= 15 is 0 Å². The molecule has 3 heteroatoms. The van der Waals surface area contributed by atoms with E-state index in [1.165, 1.54) is 0 Å². The van der Waals surface area contributed by atoms with E-state index in [4.69, 9.17) is 0 Å². The Labute approximate surface area is 124 Å². The summed E-state index contributed by atoms with van der Waals surface area (Å²) in [5.74, 6) is -0.264. The monoisotopic (exact) mass is 281 g/mol. The molecule has 2 aromatic carbocycles. The molecule has 2 aromatic rings. The fourth-order valence-corrected chi connectivity index (χ4v) is 2.90. The van der Waals surface area contributed by atoms with Crippen LogP contribution in [0.15, 0.2) is 54.6 Å². The summed E-state index contributed by atoms with van der Waals surface area (Å²) in [4.78, 5) is 12.4. The molecular weight excluding hydrogens is 262 g/mol. The number of aliphatic hydroxyl groups is 1. The normalized spacial score (nSPS) is 21.6. The Kier molecular flexibility index (Phi) is 3.76. The van der Waals surface area contributed by atoms with Gasteiger partial charge in [-0.3, -0.25) is 4.79 Å². The summed E-state index contributed by atoms with van der Waals surface area (Å²) in [6.07, 6.45) is 0.0676. The summed E-state index contributed by atoms with van der Waals surface area (Å²) in [5, 5.41) is 13.3. The topological polar surface area (TPSA) is 49.3 Å². The van der Waals surface area contributed by atoms with Crippen molar-refractivity contribution in [2.45, 2.75) is 31.4 Å². The Morgan fingerprint density at radius 2 is 1.81 bits per heavy atom. The molecule has 1 aliphatic carbocycles. The van der Waals surface area contributed by atoms with Crippen LogP contribution in [0.2, 0.25) is 0 Å². The van der Waals surface area contributed by atoms with Crippen molar-refractivity contribution in [1.29, 1.82) is 0 Å². The molecule has 0 heterocycles. The Hall–Kier alpha value is -2.13. The predicted molar refractivity (Wildman–Crippen MR) is 81.9 cm³/mol. The van der Waals surface area contributed by atoms with Gasteiger partial charge in [0.1, 0.15) is 0 Å². The summed E-state index contributed by atoms with van der Waals surface area (Å²) in [6, 6.07) is 17.3. The maximum atomic E-state index is 12.4. The molecular formula is C18H19NO2. The minimum atomic E-state index is -0.617. The fourth-order valence-electron chi connectivity index (χ4n) is 2.90. The molecule has 0 radical (unpaired) electrons. The molecule has 1 amide bonds. The molecule has 0 bridgehead atoms. The van der Waals surface area contributed by atoms with Crippen LogP contribution in [0.25, 0.3) is 0 Å². The van der Waals surface area contributed by atoms with Crippen LogP contribution in [-0.4, -0.2) is 17.1 Å². The van der Waals surface area contributed by atoms with E-state index in [1.54, 1.807) is 0 Å². The molecule has 0 saturated heterocycles. The number of amides is 1. The van der Waals surface area contributed by atoms with Gasteiger partial charge in [-0.2, -0.15) is 0 Å². The minimum Gasteiger partial charge on any atom is -0.386 e. The van der Waals surface area contributed by atoms with E-state index in [1.807, 2.05) is 61.5 Å². The molecule has 3 nitrogen and oxygen atoms in total. The lowest BCUT2D eigenvalue weighted by atomic mass is 10.00. The molecule has 1 aliphatic rings. The van der Waals surface area contributed by atoms with E-state index in [0.717, 1.165) is 16.7 Å². The minimum absolute atomic E-state index is 0.0435. The molecule has 0 fully saturated rings. The van der Waals surface area contributed by atoms with E-state index in [0.29, 0.717) is 6.42 Å². The number of hydrogen-bond acceptors (Lipinski definition) is 2. The van der Waals surface area contributed by atoms with Crippen LogP contribution in [0.4, 0.5) is 0 Å². The lowest BCUT2D eigenvalue weighted by molar-refractivity contribution is -0.123. The second kappa shape index (κ2) is 5.70. The Bertz CT molecular complexity index is 639. The molecule has 2 N–H and O–H groups in total. The highest BCUT2D eigenvalue weighted by Gasteiger charge is 2.32. The lowest BCUT2D eigenvalue weighted by Crippen LogP contribution is -2.40. The summed E-state index contributed by atoms with van der Waals surface area (Å²) in [7, 11) is 0. The zero-order valence-electron chi connectivity index (χ0n) is 12.0. The van der Waals surface area contributed by atoms with Crippen LogP contribution >= 0.6 is 0 Å². The van der Waals surface area contributed by atoms with Crippen molar-refractivity contribution >= 4 is 5.91 Å². The van der Waals surface area contributed by atoms with Crippen molar-refractivity contribution in [3.05, 3.63) is 71.3 Å². The summed E-state index contributed by atoms with van der Waals surface area (Å²) in [6.45, 7) is 1.89. The SMILES string of the molecule is C[C@H](C(=O)NC1Cc2ccccc2C1O)c1ccccc1. The number of aliphatic hydroxyl groups excluding tert-OH is 1. The molecule has 3 rings (SSSR count). The second-order valence-electron chi connectivity index (χ2n) is 5.60. The number of nitrogens with one attached hydrogen (secondary N) is 1. The van der Waals surface area contributed by atoms with Gasteiger partial charge in [-0.15, -0.1) is 0 Å². The van der Waals surface area contributed by atoms with Gasteiger partial charge in [0.25, 0.3) is 0 Å². The molecule has 0 spiro atoms. The first-order valence-corrected chi connectivity index (χ1v) is 7.28. The average molecular weight is 281 g/mol. The van der Waals surface area contributed by atoms with E-state index in [9.17, 15) is 9.90 Å². The third-order valence-corrected chi connectivity index (χ3v) is 4.22. The lowest BCUT2D eigenvalue weighted by Gasteiger charge is -2.20. The van der Waals surface area contributed by atoms with Crippen LogP contribution in [0.3, 0.4) is 0 Å². The first-order valence-electron chi connectivity index (χ1n) is 7.28. The van der Waals surface area contributed by atoms with Crippen LogP contribution in [0, 0.1) is 0 Å². The largest absolute Gasteiger partial charge is 0.386 e. The predicted octanol–water partition coefficient (Wildman–Crippen LogP) is 2.56. The number of benzene rings is 2.